The minimum absolute atomic E-state index is 0.257. The molecule has 0 saturated carbocycles. The second kappa shape index (κ2) is 6.84. The largest absolute Gasteiger partial charge is 0.485 e. The molecule has 6 nitrogen and oxygen atoms in total. The third-order valence-electron chi connectivity index (χ3n) is 3.53. The van der Waals surface area contributed by atoms with Crippen molar-refractivity contribution in [2.45, 2.75) is 27.4 Å². The molecule has 24 heavy (non-hydrogen) atoms. The molecule has 2 aromatic heterocycles. The van der Waals surface area contributed by atoms with Gasteiger partial charge in [0, 0.05) is 0 Å². The number of ether oxygens (including phenoxy) is 1. The fourth-order valence-corrected chi connectivity index (χ4v) is 2.54. The van der Waals surface area contributed by atoms with E-state index >= 15 is 0 Å². The molecule has 0 amide bonds. The minimum atomic E-state index is 0.257. The topological polar surface area (TPSA) is 68.3 Å². The Bertz CT molecular complexity index is 916. The summed E-state index contributed by atoms with van der Waals surface area (Å²) in [4.78, 5) is 0. The van der Waals surface area contributed by atoms with Gasteiger partial charge in [0.2, 0.25) is 4.77 Å². The Labute approximate surface area is 144 Å². The van der Waals surface area contributed by atoms with Crippen LogP contribution in [-0.4, -0.2) is 21.1 Å². The van der Waals surface area contributed by atoms with Gasteiger partial charge in [0.1, 0.15) is 23.9 Å². The number of aromatic nitrogens is 3. The van der Waals surface area contributed by atoms with Crippen LogP contribution in [0.15, 0.2) is 39.9 Å². The first kappa shape index (κ1) is 16.2. The number of rotatable bonds is 5. The molecule has 0 fully saturated rings. The average molecular weight is 342 g/mol. The molecular formula is C17H18N4O2S. The third kappa shape index (κ3) is 3.46. The molecule has 1 aromatic carbocycles. The Hall–Kier alpha value is -2.67. The molecule has 2 heterocycles. The van der Waals surface area contributed by atoms with Gasteiger partial charge in [-0.1, -0.05) is 18.2 Å². The highest BCUT2D eigenvalue weighted by Crippen LogP contribution is 2.23. The summed E-state index contributed by atoms with van der Waals surface area (Å²) >= 11 is 5.22. The molecule has 3 rings (SSSR count). The molecule has 124 valence electrons. The van der Waals surface area contributed by atoms with Crippen molar-refractivity contribution in [2.24, 2.45) is 5.10 Å². The van der Waals surface area contributed by atoms with Crippen molar-refractivity contribution in [3.8, 4) is 5.75 Å². The van der Waals surface area contributed by atoms with E-state index in [-0.39, 0.29) is 6.61 Å². The van der Waals surface area contributed by atoms with E-state index in [1.807, 2.05) is 51.1 Å². The van der Waals surface area contributed by atoms with Gasteiger partial charge < -0.3 is 9.15 Å². The van der Waals surface area contributed by atoms with E-state index in [9.17, 15) is 0 Å². The zero-order chi connectivity index (χ0) is 17.1. The summed E-state index contributed by atoms with van der Waals surface area (Å²) in [5, 5.41) is 11.2. The van der Waals surface area contributed by atoms with E-state index in [0.717, 1.165) is 22.6 Å². The molecule has 0 unspecified atom stereocenters. The van der Waals surface area contributed by atoms with Gasteiger partial charge in [-0.15, -0.1) is 0 Å². The highest BCUT2D eigenvalue weighted by Gasteiger charge is 2.09. The first-order valence-electron chi connectivity index (χ1n) is 7.50. The monoisotopic (exact) mass is 342 g/mol. The predicted octanol–water partition coefficient (Wildman–Crippen LogP) is 3.92. The number of hydrogen-bond acceptors (Lipinski definition) is 5. The molecule has 0 atom stereocenters. The lowest BCUT2D eigenvalue weighted by Crippen LogP contribution is -2.05. The van der Waals surface area contributed by atoms with Crippen molar-refractivity contribution in [3.63, 3.8) is 0 Å². The van der Waals surface area contributed by atoms with Gasteiger partial charge in [-0.05, 0) is 56.2 Å². The maximum absolute atomic E-state index is 5.92. The van der Waals surface area contributed by atoms with Crippen LogP contribution >= 0.6 is 12.2 Å². The van der Waals surface area contributed by atoms with E-state index in [1.165, 1.54) is 4.68 Å². The number of para-hydroxylation sites is 1. The standard InChI is InChI=1S/C17H18N4O2S/c1-11-5-4-6-12(2)16(11)22-10-15-19-20-17(24)21(15)18-9-14-8-7-13(3)23-14/h4-9H,10H2,1-3H3,(H,20,24)/b18-9-. The molecule has 1 N–H and O–H groups in total. The smallest absolute Gasteiger partial charge is 0.216 e. The lowest BCUT2D eigenvalue weighted by molar-refractivity contribution is 0.287. The molecular weight excluding hydrogens is 324 g/mol. The van der Waals surface area contributed by atoms with E-state index in [4.69, 9.17) is 21.4 Å². The molecule has 0 aliphatic rings. The van der Waals surface area contributed by atoms with E-state index in [1.54, 1.807) is 6.21 Å². The average Bonchev–Trinajstić information content (AvgIpc) is 3.11. The molecule has 7 heteroatoms. The van der Waals surface area contributed by atoms with Gasteiger partial charge in [0.25, 0.3) is 0 Å². The summed E-state index contributed by atoms with van der Waals surface area (Å²) in [7, 11) is 0. The minimum Gasteiger partial charge on any atom is -0.485 e. The van der Waals surface area contributed by atoms with E-state index < -0.39 is 0 Å². The van der Waals surface area contributed by atoms with Crippen LogP contribution in [0.25, 0.3) is 0 Å². The highest BCUT2D eigenvalue weighted by atomic mass is 32.1. The van der Waals surface area contributed by atoms with Gasteiger partial charge >= 0.3 is 0 Å². The molecule has 0 spiro atoms. The molecule has 3 aromatic rings. The number of H-pyrrole nitrogens is 1. The summed E-state index contributed by atoms with van der Waals surface area (Å²) in [5.41, 5.74) is 2.15. The maximum Gasteiger partial charge on any atom is 0.216 e. The van der Waals surface area contributed by atoms with Crippen molar-refractivity contribution in [1.82, 2.24) is 14.9 Å². The van der Waals surface area contributed by atoms with Crippen LogP contribution in [0.5, 0.6) is 5.75 Å². The maximum atomic E-state index is 5.92. The van der Waals surface area contributed by atoms with Crippen LogP contribution in [0, 0.1) is 25.5 Å². The second-order valence-corrected chi connectivity index (χ2v) is 5.85. The number of hydrogen-bond donors (Lipinski definition) is 1. The number of aryl methyl sites for hydroxylation is 3. The van der Waals surface area contributed by atoms with Crippen molar-refractivity contribution in [1.29, 1.82) is 0 Å². The summed E-state index contributed by atoms with van der Waals surface area (Å²) in [6.45, 7) is 6.16. The van der Waals surface area contributed by atoms with Gasteiger partial charge in [-0.3, -0.25) is 0 Å². The van der Waals surface area contributed by atoms with Crippen molar-refractivity contribution in [3.05, 3.63) is 63.6 Å². The molecule has 0 radical (unpaired) electrons. The fourth-order valence-electron chi connectivity index (χ4n) is 2.34. The number of nitrogens with one attached hydrogen (secondary N) is 1. The summed E-state index contributed by atoms with van der Waals surface area (Å²) < 4.78 is 13.3. The Morgan fingerprint density at radius 2 is 2.00 bits per heavy atom. The van der Waals surface area contributed by atoms with E-state index in [0.29, 0.717) is 16.4 Å². The zero-order valence-electron chi connectivity index (χ0n) is 13.7. The van der Waals surface area contributed by atoms with Gasteiger partial charge in [-0.25, -0.2) is 5.10 Å². The Balaban J connectivity index is 1.80. The fraction of sp³-hybridized carbons (Fsp3) is 0.235. The Morgan fingerprint density at radius 3 is 2.67 bits per heavy atom. The zero-order valence-corrected chi connectivity index (χ0v) is 14.6. The highest BCUT2D eigenvalue weighted by molar-refractivity contribution is 7.71. The Kier molecular flexibility index (Phi) is 4.61. The van der Waals surface area contributed by atoms with Crippen molar-refractivity contribution >= 4 is 18.4 Å². The summed E-state index contributed by atoms with van der Waals surface area (Å²) in [6.07, 6.45) is 1.60. The number of aromatic amines is 1. The van der Waals surface area contributed by atoms with Crippen LogP contribution in [-0.2, 0) is 6.61 Å². The molecule has 0 bridgehead atoms. The third-order valence-corrected chi connectivity index (χ3v) is 3.80. The Morgan fingerprint density at radius 1 is 1.25 bits per heavy atom. The van der Waals surface area contributed by atoms with Crippen LogP contribution < -0.4 is 4.74 Å². The molecule has 0 saturated heterocycles. The van der Waals surface area contributed by atoms with Crippen LogP contribution in [0.1, 0.15) is 28.5 Å². The van der Waals surface area contributed by atoms with Gasteiger partial charge in [0.05, 0.1) is 6.21 Å². The number of nitrogens with zero attached hydrogens (tertiary/aromatic N) is 3. The summed E-state index contributed by atoms with van der Waals surface area (Å²) in [5.74, 6) is 2.91. The number of furan rings is 1. The van der Waals surface area contributed by atoms with Crippen molar-refractivity contribution < 1.29 is 9.15 Å². The van der Waals surface area contributed by atoms with Crippen LogP contribution in [0.4, 0.5) is 0 Å². The summed E-state index contributed by atoms with van der Waals surface area (Å²) in [6, 6.07) is 9.74. The van der Waals surface area contributed by atoms with Crippen LogP contribution in [0.2, 0.25) is 0 Å². The van der Waals surface area contributed by atoms with Gasteiger partial charge in [0.15, 0.2) is 5.82 Å². The SMILES string of the molecule is Cc1ccc(/C=N\n2c(COc3c(C)cccc3C)n[nH]c2=S)o1. The first-order valence-corrected chi connectivity index (χ1v) is 7.91. The molecule has 0 aliphatic heterocycles. The van der Waals surface area contributed by atoms with Crippen LogP contribution in [0.3, 0.4) is 0 Å². The lowest BCUT2D eigenvalue weighted by atomic mass is 10.1. The molecule has 0 aliphatic carbocycles. The first-order chi connectivity index (χ1) is 11.5. The predicted molar refractivity (Wildman–Crippen MR) is 94.1 cm³/mol. The quantitative estimate of drug-likeness (QED) is 0.564. The second-order valence-electron chi connectivity index (χ2n) is 5.46. The normalized spacial score (nSPS) is 11.3. The van der Waals surface area contributed by atoms with Gasteiger partial charge in [-0.2, -0.15) is 14.9 Å². The number of benzene rings is 1. The lowest BCUT2D eigenvalue weighted by Gasteiger charge is -2.11. The van der Waals surface area contributed by atoms with E-state index in [2.05, 4.69) is 15.3 Å². The van der Waals surface area contributed by atoms with Crippen molar-refractivity contribution in [2.75, 3.05) is 0 Å².